The number of hydrogen-bond acceptors (Lipinski definition) is 5. The zero-order chi connectivity index (χ0) is 21.7. The van der Waals surface area contributed by atoms with Crippen molar-refractivity contribution in [2.75, 3.05) is 24.9 Å². The van der Waals surface area contributed by atoms with Crippen molar-refractivity contribution >= 4 is 33.8 Å². The van der Waals surface area contributed by atoms with E-state index < -0.39 is 0 Å². The lowest BCUT2D eigenvalue weighted by atomic mass is 10.0. The zero-order valence-corrected chi connectivity index (χ0v) is 18.1. The van der Waals surface area contributed by atoms with Gasteiger partial charge in [-0.1, -0.05) is 26.0 Å². The molecule has 156 valence electrons. The van der Waals surface area contributed by atoms with Crippen molar-refractivity contribution in [2.24, 2.45) is 0 Å². The molecular weight excluding hydrogens is 400 g/mol. The van der Waals surface area contributed by atoms with Gasteiger partial charge in [0.05, 0.1) is 19.8 Å². The number of thiophene rings is 1. The third kappa shape index (κ3) is 4.80. The second kappa shape index (κ2) is 9.45. The predicted octanol–water partition coefficient (Wildman–Crippen LogP) is 5.39. The molecule has 0 aliphatic rings. The Morgan fingerprint density at radius 1 is 0.867 bits per heavy atom. The largest absolute Gasteiger partial charge is 0.493 e. The van der Waals surface area contributed by atoms with Crippen molar-refractivity contribution in [3.05, 3.63) is 70.6 Å². The first-order valence-electron chi connectivity index (χ1n) is 9.45. The van der Waals surface area contributed by atoms with Crippen LogP contribution < -0.4 is 20.1 Å². The van der Waals surface area contributed by atoms with Crippen LogP contribution in [0.3, 0.4) is 0 Å². The van der Waals surface area contributed by atoms with Gasteiger partial charge in [0.2, 0.25) is 0 Å². The molecule has 30 heavy (non-hydrogen) atoms. The number of ether oxygens (including phenoxy) is 2. The maximum Gasteiger partial charge on any atom is 0.258 e. The van der Waals surface area contributed by atoms with Gasteiger partial charge in [0.1, 0.15) is 5.00 Å². The molecule has 3 rings (SSSR count). The van der Waals surface area contributed by atoms with Gasteiger partial charge in [0.25, 0.3) is 11.8 Å². The SMILES string of the molecule is COc1ccc(NC(=O)c2ccsc2NC(=O)c2ccc(C(C)C)cc2)cc1OC. The zero-order valence-electron chi connectivity index (χ0n) is 17.3. The van der Waals surface area contributed by atoms with Crippen molar-refractivity contribution in [3.63, 3.8) is 0 Å². The number of anilines is 2. The van der Waals surface area contributed by atoms with Gasteiger partial charge in [-0.2, -0.15) is 0 Å². The van der Waals surface area contributed by atoms with Crippen molar-refractivity contribution in [3.8, 4) is 11.5 Å². The van der Waals surface area contributed by atoms with Crippen LogP contribution in [-0.4, -0.2) is 26.0 Å². The summed E-state index contributed by atoms with van der Waals surface area (Å²) in [5.74, 6) is 0.898. The summed E-state index contributed by atoms with van der Waals surface area (Å²) in [6, 6.07) is 14.3. The fraction of sp³-hybridized carbons (Fsp3) is 0.217. The van der Waals surface area contributed by atoms with Crippen molar-refractivity contribution in [1.29, 1.82) is 0 Å². The van der Waals surface area contributed by atoms with Crippen LogP contribution in [0.1, 0.15) is 46.0 Å². The predicted molar refractivity (Wildman–Crippen MR) is 120 cm³/mol. The topological polar surface area (TPSA) is 76.7 Å². The molecule has 3 aromatic rings. The number of carbonyl (C=O) groups is 2. The molecule has 0 saturated heterocycles. The standard InChI is InChI=1S/C23H24N2O4S/c1-14(2)15-5-7-16(8-6-15)21(26)25-23-18(11-12-30-23)22(27)24-17-9-10-19(28-3)20(13-17)29-4/h5-14H,1-4H3,(H,24,27)(H,25,26). The monoisotopic (exact) mass is 424 g/mol. The molecule has 0 saturated carbocycles. The summed E-state index contributed by atoms with van der Waals surface area (Å²) in [4.78, 5) is 25.4. The van der Waals surface area contributed by atoms with E-state index in [9.17, 15) is 9.59 Å². The first-order chi connectivity index (χ1) is 14.4. The molecule has 7 heteroatoms. The van der Waals surface area contributed by atoms with Crippen molar-refractivity contribution < 1.29 is 19.1 Å². The number of methoxy groups -OCH3 is 2. The first kappa shape index (κ1) is 21.4. The molecule has 0 atom stereocenters. The van der Waals surface area contributed by atoms with Crippen molar-refractivity contribution in [1.82, 2.24) is 0 Å². The lowest BCUT2D eigenvalue weighted by Crippen LogP contribution is -2.16. The van der Waals surface area contributed by atoms with Crippen LogP contribution in [0.4, 0.5) is 10.7 Å². The average molecular weight is 425 g/mol. The lowest BCUT2D eigenvalue weighted by Gasteiger charge is -2.11. The normalized spacial score (nSPS) is 10.6. The second-order valence-corrected chi connectivity index (χ2v) is 7.83. The van der Waals surface area contributed by atoms with E-state index in [1.807, 2.05) is 12.1 Å². The van der Waals surface area contributed by atoms with Crippen LogP contribution in [-0.2, 0) is 0 Å². The fourth-order valence-electron chi connectivity index (χ4n) is 2.89. The van der Waals surface area contributed by atoms with E-state index in [0.29, 0.717) is 39.2 Å². The molecular formula is C23H24N2O4S. The summed E-state index contributed by atoms with van der Waals surface area (Å²) >= 11 is 1.30. The lowest BCUT2D eigenvalue weighted by molar-refractivity contribution is 0.102. The molecule has 1 heterocycles. The van der Waals surface area contributed by atoms with Gasteiger partial charge >= 0.3 is 0 Å². The maximum atomic E-state index is 12.8. The minimum absolute atomic E-state index is 0.257. The van der Waals surface area contributed by atoms with E-state index in [1.54, 1.807) is 48.9 Å². The van der Waals surface area contributed by atoms with Gasteiger partial charge < -0.3 is 20.1 Å². The van der Waals surface area contributed by atoms with Gasteiger partial charge in [-0.05, 0) is 47.2 Å². The van der Waals surface area contributed by atoms with E-state index >= 15 is 0 Å². The molecule has 2 amide bonds. The number of nitrogens with one attached hydrogen (secondary N) is 2. The Morgan fingerprint density at radius 3 is 2.20 bits per heavy atom. The molecule has 1 aromatic heterocycles. The maximum absolute atomic E-state index is 12.8. The minimum atomic E-state index is -0.325. The molecule has 0 fully saturated rings. The molecule has 0 unspecified atom stereocenters. The Bertz CT molecular complexity index is 1040. The van der Waals surface area contributed by atoms with E-state index in [-0.39, 0.29) is 11.8 Å². The Hall–Kier alpha value is -3.32. The minimum Gasteiger partial charge on any atom is -0.493 e. The molecule has 0 spiro atoms. The Morgan fingerprint density at radius 2 is 1.57 bits per heavy atom. The smallest absolute Gasteiger partial charge is 0.258 e. The average Bonchev–Trinajstić information content (AvgIpc) is 3.21. The summed E-state index contributed by atoms with van der Waals surface area (Å²) in [6.07, 6.45) is 0. The number of carbonyl (C=O) groups excluding carboxylic acids is 2. The molecule has 0 aliphatic carbocycles. The highest BCUT2D eigenvalue weighted by molar-refractivity contribution is 7.14. The molecule has 0 radical (unpaired) electrons. The first-order valence-corrected chi connectivity index (χ1v) is 10.3. The van der Waals surface area contributed by atoms with E-state index in [0.717, 1.165) is 5.56 Å². The third-order valence-corrected chi connectivity index (χ3v) is 5.45. The highest BCUT2D eigenvalue weighted by Crippen LogP contribution is 2.31. The summed E-state index contributed by atoms with van der Waals surface area (Å²) < 4.78 is 10.5. The highest BCUT2D eigenvalue weighted by atomic mass is 32.1. The summed E-state index contributed by atoms with van der Waals surface area (Å²) in [5.41, 5.74) is 2.66. The molecule has 2 N–H and O–H groups in total. The Balaban J connectivity index is 1.73. The van der Waals surface area contributed by atoms with Crippen LogP contribution in [0.25, 0.3) is 0 Å². The Labute approximate surface area is 179 Å². The van der Waals surface area contributed by atoms with E-state index in [1.165, 1.54) is 18.4 Å². The van der Waals surface area contributed by atoms with Gasteiger partial charge in [-0.3, -0.25) is 9.59 Å². The fourth-order valence-corrected chi connectivity index (χ4v) is 3.67. The number of amides is 2. The van der Waals surface area contributed by atoms with Gasteiger partial charge in [-0.25, -0.2) is 0 Å². The third-order valence-electron chi connectivity index (χ3n) is 4.62. The van der Waals surface area contributed by atoms with Crippen LogP contribution in [0.2, 0.25) is 0 Å². The van der Waals surface area contributed by atoms with Crippen LogP contribution in [0.5, 0.6) is 11.5 Å². The molecule has 0 aliphatic heterocycles. The van der Waals surface area contributed by atoms with Gasteiger partial charge in [0.15, 0.2) is 11.5 Å². The van der Waals surface area contributed by atoms with Crippen LogP contribution >= 0.6 is 11.3 Å². The summed E-state index contributed by atoms with van der Waals surface area (Å²) in [6.45, 7) is 4.20. The summed E-state index contributed by atoms with van der Waals surface area (Å²) in [7, 11) is 3.08. The van der Waals surface area contributed by atoms with Gasteiger partial charge in [-0.15, -0.1) is 11.3 Å². The number of benzene rings is 2. The van der Waals surface area contributed by atoms with Crippen molar-refractivity contribution in [2.45, 2.75) is 19.8 Å². The molecule has 2 aromatic carbocycles. The Kier molecular flexibility index (Phi) is 6.74. The van der Waals surface area contributed by atoms with E-state index in [2.05, 4.69) is 24.5 Å². The second-order valence-electron chi connectivity index (χ2n) is 6.92. The molecule has 6 nitrogen and oxygen atoms in total. The highest BCUT2D eigenvalue weighted by Gasteiger charge is 2.17. The van der Waals surface area contributed by atoms with Crippen LogP contribution in [0.15, 0.2) is 53.9 Å². The number of rotatable bonds is 7. The molecule has 0 bridgehead atoms. The van der Waals surface area contributed by atoms with Crippen LogP contribution in [0, 0.1) is 0 Å². The van der Waals surface area contributed by atoms with E-state index in [4.69, 9.17) is 9.47 Å². The summed E-state index contributed by atoms with van der Waals surface area (Å²) in [5, 5.41) is 7.92. The number of hydrogen-bond donors (Lipinski definition) is 2. The van der Waals surface area contributed by atoms with Gasteiger partial charge in [0, 0.05) is 17.3 Å². The quantitative estimate of drug-likeness (QED) is 0.533.